The Bertz CT molecular complexity index is 530. The molecule has 0 saturated heterocycles. The van der Waals surface area contributed by atoms with Crippen molar-refractivity contribution in [3.63, 3.8) is 0 Å². The SMILES string of the molecule is ONC(=NCc1nccs1)Nc1cccc(Cl)c1. The number of anilines is 1. The summed E-state index contributed by atoms with van der Waals surface area (Å²) in [6.07, 6.45) is 1.71. The summed E-state index contributed by atoms with van der Waals surface area (Å²) in [5.41, 5.74) is 2.74. The number of rotatable bonds is 3. The number of benzene rings is 1. The molecule has 0 saturated carbocycles. The minimum Gasteiger partial charge on any atom is -0.325 e. The van der Waals surface area contributed by atoms with Crippen molar-refractivity contribution in [2.75, 3.05) is 5.32 Å². The molecule has 0 spiro atoms. The maximum Gasteiger partial charge on any atom is 0.220 e. The first-order valence-corrected chi connectivity index (χ1v) is 6.39. The number of guanidine groups is 1. The molecule has 2 aromatic rings. The lowest BCUT2D eigenvalue weighted by molar-refractivity contribution is 0.234. The smallest absolute Gasteiger partial charge is 0.220 e. The van der Waals surface area contributed by atoms with Gasteiger partial charge in [0.15, 0.2) is 0 Å². The van der Waals surface area contributed by atoms with Crippen LogP contribution in [0, 0.1) is 0 Å². The third kappa shape index (κ3) is 3.69. The van der Waals surface area contributed by atoms with Crippen molar-refractivity contribution in [3.8, 4) is 0 Å². The largest absolute Gasteiger partial charge is 0.325 e. The van der Waals surface area contributed by atoms with Crippen LogP contribution in [0.15, 0.2) is 40.8 Å². The van der Waals surface area contributed by atoms with Crippen molar-refractivity contribution in [2.24, 2.45) is 4.99 Å². The molecule has 7 heteroatoms. The first-order valence-electron chi connectivity index (χ1n) is 5.13. The maximum atomic E-state index is 8.99. The Hall–Kier alpha value is -1.63. The molecule has 0 fully saturated rings. The van der Waals surface area contributed by atoms with Crippen LogP contribution in [0.4, 0.5) is 5.69 Å². The van der Waals surface area contributed by atoms with Gasteiger partial charge in [0.1, 0.15) is 5.01 Å². The van der Waals surface area contributed by atoms with Gasteiger partial charge in [-0.1, -0.05) is 17.7 Å². The predicted octanol–water partition coefficient (Wildman–Crippen LogP) is 2.74. The van der Waals surface area contributed by atoms with Gasteiger partial charge < -0.3 is 5.32 Å². The van der Waals surface area contributed by atoms with E-state index in [9.17, 15) is 0 Å². The summed E-state index contributed by atoms with van der Waals surface area (Å²) in [7, 11) is 0. The summed E-state index contributed by atoms with van der Waals surface area (Å²) >= 11 is 7.37. The van der Waals surface area contributed by atoms with E-state index < -0.39 is 0 Å². The molecule has 0 radical (unpaired) electrons. The molecule has 1 heterocycles. The molecular weight excluding hydrogens is 272 g/mol. The van der Waals surface area contributed by atoms with E-state index >= 15 is 0 Å². The lowest BCUT2D eigenvalue weighted by Gasteiger charge is -2.08. The normalized spacial score (nSPS) is 11.3. The minimum absolute atomic E-state index is 0.243. The van der Waals surface area contributed by atoms with Crippen LogP contribution in [0.5, 0.6) is 0 Å². The van der Waals surface area contributed by atoms with E-state index in [1.165, 1.54) is 11.3 Å². The first kappa shape index (κ1) is 12.8. The van der Waals surface area contributed by atoms with E-state index in [0.717, 1.165) is 10.7 Å². The highest BCUT2D eigenvalue weighted by molar-refractivity contribution is 7.09. The predicted molar refractivity (Wildman–Crippen MR) is 73.2 cm³/mol. The van der Waals surface area contributed by atoms with Gasteiger partial charge in [0.2, 0.25) is 5.96 Å². The summed E-state index contributed by atoms with van der Waals surface area (Å²) in [6, 6.07) is 7.13. The molecule has 0 bridgehead atoms. The molecule has 1 aromatic carbocycles. The Labute approximate surface area is 113 Å². The van der Waals surface area contributed by atoms with E-state index in [-0.39, 0.29) is 5.96 Å². The van der Waals surface area contributed by atoms with Crippen molar-refractivity contribution in [1.82, 2.24) is 10.5 Å². The number of hydrogen-bond donors (Lipinski definition) is 3. The highest BCUT2D eigenvalue weighted by Crippen LogP contribution is 2.14. The average molecular weight is 283 g/mol. The zero-order chi connectivity index (χ0) is 12.8. The lowest BCUT2D eigenvalue weighted by Crippen LogP contribution is -2.27. The fourth-order valence-electron chi connectivity index (χ4n) is 1.28. The third-order valence-corrected chi connectivity index (χ3v) is 3.05. The zero-order valence-corrected chi connectivity index (χ0v) is 10.9. The fraction of sp³-hybridized carbons (Fsp3) is 0.0909. The van der Waals surface area contributed by atoms with E-state index in [0.29, 0.717) is 11.6 Å². The van der Waals surface area contributed by atoms with Crippen molar-refractivity contribution in [1.29, 1.82) is 0 Å². The number of nitrogens with zero attached hydrogens (tertiary/aromatic N) is 2. The van der Waals surface area contributed by atoms with Gasteiger partial charge in [-0.05, 0) is 18.2 Å². The molecule has 0 aliphatic heterocycles. The molecule has 0 aliphatic carbocycles. The number of hydrogen-bond acceptors (Lipinski definition) is 4. The number of halogens is 1. The van der Waals surface area contributed by atoms with E-state index in [1.54, 1.807) is 24.4 Å². The van der Waals surface area contributed by atoms with Crippen molar-refractivity contribution < 1.29 is 5.21 Å². The molecule has 5 nitrogen and oxygen atoms in total. The number of aliphatic imine (C=N–C) groups is 1. The van der Waals surface area contributed by atoms with Gasteiger partial charge in [0.25, 0.3) is 0 Å². The molecule has 94 valence electrons. The van der Waals surface area contributed by atoms with Crippen LogP contribution in [0.25, 0.3) is 0 Å². The first-order chi connectivity index (χ1) is 8.78. The standard InChI is InChI=1S/C11H11ClN4OS/c12-8-2-1-3-9(6-8)15-11(16-17)14-7-10-13-4-5-18-10/h1-6,17H,7H2,(H2,14,15,16). The summed E-state index contributed by atoms with van der Waals surface area (Å²) in [4.78, 5) is 8.26. The second-order valence-corrected chi connectivity index (χ2v) is 4.75. The molecule has 0 aliphatic rings. The molecule has 2 rings (SSSR count). The van der Waals surface area contributed by atoms with Crippen LogP contribution in [-0.2, 0) is 6.54 Å². The second-order valence-electron chi connectivity index (χ2n) is 3.34. The van der Waals surface area contributed by atoms with Crippen LogP contribution < -0.4 is 10.8 Å². The van der Waals surface area contributed by atoms with Crippen LogP contribution in [-0.4, -0.2) is 16.2 Å². The van der Waals surface area contributed by atoms with Crippen molar-refractivity contribution in [2.45, 2.75) is 6.54 Å². The monoisotopic (exact) mass is 282 g/mol. The lowest BCUT2D eigenvalue weighted by atomic mass is 10.3. The Balaban J connectivity index is 2.02. The summed E-state index contributed by atoms with van der Waals surface area (Å²) in [6.45, 7) is 0.397. The molecule has 3 N–H and O–H groups in total. The second kappa shape index (κ2) is 6.34. The Morgan fingerprint density at radius 3 is 3.06 bits per heavy atom. The van der Waals surface area contributed by atoms with E-state index in [4.69, 9.17) is 16.8 Å². The van der Waals surface area contributed by atoms with E-state index in [2.05, 4.69) is 15.3 Å². The number of aromatic nitrogens is 1. The molecule has 0 amide bonds. The molecule has 1 aromatic heterocycles. The van der Waals surface area contributed by atoms with Gasteiger partial charge in [-0.3, -0.25) is 5.21 Å². The minimum atomic E-state index is 0.243. The number of nitrogens with one attached hydrogen (secondary N) is 2. The van der Waals surface area contributed by atoms with Crippen LogP contribution >= 0.6 is 22.9 Å². The molecule has 0 unspecified atom stereocenters. The van der Waals surface area contributed by atoms with Crippen molar-refractivity contribution >= 4 is 34.6 Å². The highest BCUT2D eigenvalue weighted by Gasteiger charge is 2.00. The number of thiazole rings is 1. The Morgan fingerprint density at radius 1 is 1.50 bits per heavy atom. The van der Waals surface area contributed by atoms with Gasteiger partial charge in [-0.2, -0.15) is 0 Å². The Morgan fingerprint density at radius 2 is 2.39 bits per heavy atom. The molecular formula is C11H11ClN4OS. The van der Waals surface area contributed by atoms with Crippen LogP contribution in [0.3, 0.4) is 0 Å². The molecule has 0 atom stereocenters. The van der Waals surface area contributed by atoms with Crippen molar-refractivity contribution in [3.05, 3.63) is 45.9 Å². The number of hydroxylamine groups is 1. The summed E-state index contributed by atoms with van der Waals surface area (Å²) in [5, 5.41) is 15.3. The summed E-state index contributed by atoms with van der Waals surface area (Å²) in [5.74, 6) is 0.243. The van der Waals surface area contributed by atoms with Gasteiger partial charge in [0.05, 0.1) is 6.54 Å². The average Bonchev–Trinajstić information content (AvgIpc) is 2.87. The molecule has 18 heavy (non-hydrogen) atoms. The highest BCUT2D eigenvalue weighted by atomic mass is 35.5. The third-order valence-electron chi connectivity index (χ3n) is 2.05. The topological polar surface area (TPSA) is 69.5 Å². The Kier molecular flexibility index (Phi) is 4.52. The zero-order valence-electron chi connectivity index (χ0n) is 9.30. The van der Waals surface area contributed by atoms with Gasteiger partial charge in [-0.25, -0.2) is 15.5 Å². The summed E-state index contributed by atoms with van der Waals surface area (Å²) < 4.78 is 0. The maximum absolute atomic E-state index is 8.99. The van der Waals surface area contributed by atoms with Crippen LogP contribution in [0.1, 0.15) is 5.01 Å². The van der Waals surface area contributed by atoms with E-state index in [1.807, 2.05) is 16.9 Å². The van der Waals surface area contributed by atoms with Gasteiger partial charge in [0, 0.05) is 22.3 Å². The van der Waals surface area contributed by atoms with Gasteiger partial charge in [-0.15, -0.1) is 11.3 Å². The quantitative estimate of drug-likeness (QED) is 0.460. The fourth-order valence-corrected chi connectivity index (χ4v) is 2.01. The van der Waals surface area contributed by atoms with Gasteiger partial charge >= 0.3 is 0 Å². The van der Waals surface area contributed by atoms with Crippen LogP contribution in [0.2, 0.25) is 5.02 Å².